The average molecular weight is 307 g/mol. The lowest BCUT2D eigenvalue weighted by Gasteiger charge is -2.10. The highest BCUT2D eigenvalue weighted by Crippen LogP contribution is 2.25. The second-order valence-electron chi connectivity index (χ2n) is 5.12. The number of rotatable bonds is 4. The average Bonchev–Trinajstić information content (AvgIpc) is 3.04. The summed E-state index contributed by atoms with van der Waals surface area (Å²) in [5.74, 6) is 0.339. The number of benzene rings is 2. The third-order valence-corrected chi connectivity index (χ3v) is 3.54. The van der Waals surface area contributed by atoms with E-state index in [1.807, 2.05) is 56.3 Å². The van der Waals surface area contributed by atoms with E-state index in [0.29, 0.717) is 23.6 Å². The van der Waals surface area contributed by atoms with E-state index in [1.165, 1.54) is 4.80 Å². The molecule has 0 atom stereocenters. The minimum Gasteiger partial charge on any atom is -0.321 e. The van der Waals surface area contributed by atoms with E-state index in [4.69, 9.17) is 0 Å². The molecule has 0 bridgehead atoms. The first-order valence-electron chi connectivity index (χ1n) is 7.43. The summed E-state index contributed by atoms with van der Waals surface area (Å²) in [6, 6.07) is 14.9. The van der Waals surface area contributed by atoms with Gasteiger partial charge in [-0.2, -0.15) is 4.80 Å². The molecule has 0 aliphatic carbocycles. The van der Waals surface area contributed by atoms with Crippen molar-refractivity contribution in [3.8, 4) is 11.4 Å². The maximum absolute atomic E-state index is 12.5. The predicted molar refractivity (Wildman–Crippen MR) is 88.1 cm³/mol. The largest absolute Gasteiger partial charge is 0.321 e. The van der Waals surface area contributed by atoms with E-state index in [-0.39, 0.29) is 5.91 Å². The fourth-order valence-corrected chi connectivity index (χ4v) is 2.29. The zero-order valence-electron chi connectivity index (χ0n) is 13.0. The number of tetrazole rings is 1. The second-order valence-corrected chi connectivity index (χ2v) is 5.12. The zero-order valence-corrected chi connectivity index (χ0v) is 13.0. The first-order chi connectivity index (χ1) is 11.2. The molecule has 3 aromatic rings. The van der Waals surface area contributed by atoms with Crippen LogP contribution in [0.15, 0.2) is 48.5 Å². The molecule has 0 radical (unpaired) electrons. The molecule has 6 heteroatoms. The molecule has 1 heterocycles. The van der Waals surface area contributed by atoms with Gasteiger partial charge >= 0.3 is 0 Å². The number of aryl methyl sites for hydroxylation is 2. The molecule has 0 saturated heterocycles. The van der Waals surface area contributed by atoms with Crippen LogP contribution in [0.2, 0.25) is 0 Å². The Morgan fingerprint density at radius 2 is 1.87 bits per heavy atom. The number of carbonyl (C=O) groups excluding carboxylic acids is 1. The summed E-state index contributed by atoms with van der Waals surface area (Å²) < 4.78 is 0. The van der Waals surface area contributed by atoms with Gasteiger partial charge in [-0.1, -0.05) is 30.3 Å². The van der Waals surface area contributed by atoms with Crippen LogP contribution in [-0.4, -0.2) is 26.1 Å². The summed E-state index contributed by atoms with van der Waals surface area (Å²) >= 11 is 0. The maximum Gasteiger partial charge on any atom is 0.255 e. The Morgan fingerprint density at radius 1 is 1.13 bits per heavy atom. The monoisotopic (exact) mass is 307 g/mol. The Kier molecular flexibility index (Phi) is 4.14. The molecule has 0 fully saturated rings. The number of aromatic nitrogens is 4. The molecule has 0 unspecified atom stereocenters. The topological polar surface area (TPSA) is 72.7 Å². The standard InChI is InChI=1S/C17H17N5O/c1-3-22-20-16(19-21-22)14-10-6-7-11-15(14)18-17(23)13-9-5-4-8-12(13)2/h4-11H,3H2,1-2H3,(H,18,23). The van der Waals surface area contributed by atoms with E-state index in [9.17, 15) is 4.79 Å². The fraction of sp³-hybridized carbons (Fsp3) is 0.176. The first kappa shape index (κ1) is 14.9. The van der Waals surface area contributed by atoms with Gasteiger partial charge in [0, 0.05) is 11.1 Å². The van der Waals surface area contributed by atoms with Crippen molar-refractivity contribution in [3.05, 3.63) is 59.7 Å². The number of hydrogen-bond donors (Lipinski definition) is 1. The van der Waals surface area contributed by atoms with Gasteiger partial charge in [0.2, 0.25) is 5.82 Å². The molecule has 1 amide bonds. The van der Waals surface area contributed by atoms with Crippen LogP contribution in [0, 0.1) is 6.92 Å². The third kappa shape index (κ3) is 3.11. The van der Waals surface area contributed by atoms with E-state index in [1.54, 1.807) is 6.07 Å². The molecule has 6 nitrogen and oxygen atoms in total. The molecular weight excluding hydrogens is 290 g/mol. The van der Waals surface area contributed by atoms with Gasteiger partial charge in [0.05, 0.1) is 12.2 Å². The Labute approximate surface area is 134 Å². The second kappa shape index (κ2) is 6.39. The molecular formula is C17H17N5O. The van der Waals surface area contributed by atoms with Gasteiger partial charge < -0.3 is 5.32 Å². The number of amides is 1. The van der Waals surface area contributed by atoms with Gasteiger partial charge in [-0.05, 0) is 42.8 Å². The van der Waals surface area contributed by atoms with Gasteiger partial charge in [0.15, 0.2) is 0 Å². The highest BCUT2D eigenvalue weighted by molar-refractivity contribution is 6.06. The van der Waals surface area contributed by atoms with Crippen molar-refractivity contribution in [1.82, 2.24) is 20.2 Å². The Balaban J connectivity index is 1.92. The predicted octanol–water partition coefficient (Wildman–Crippen LogP) is 2.92. The third-order valence-electron chi connectivity index (χ3n) is 3.54. The number of para-hydroxylation sites is 1. The molecule has 1 aromatic heterocycles. The molecule has 0 saturated carbocycles. The minimum absolute atomic E-state index is 0.154. The van der Waals surface area contributed by atoms with Crippen molar-refractivity contribution < 1.29 is 4.79 Å². The zero-order chi connectivity index (χ0) is 16.2. The Morgan fingerprint density at radius 3 is 2.61 bits per heavy atom. The van der Waals surface area contributed by atoms with E-state index in [2.05, 4.69) is 20.7 Å². The highest BCUT2D eigenvalue weighted by Gasteiger charge is 2.14. The van der Waals surface area contributed by atoms with Crippen molar-refractivity contribution in [2.75, 3.05) is 5.32 Å². The Bertz CT molecular complexity index is 840. The number of anilines is 1. The quantitative estimate of drug-likeness (QED) is 0.804. The van der Waals surface area contributed by atoms with Crippen molar-refractivity contribution >= 4 is 11.6 Å². The first-order valence-corrected chi connectivity index (χ1v) is 7.43. The van der Waals surface area contributed by atoms with Gasteiger partial charge in [-0.15, -0.1) is 10.2 Å². The number of hydrogen-bond acceptors (Lipinski definition) is 4. The molecule has 1 N–H and O–H groups in total. The van der Waals surface area contributed by atoms with Gasteiger partial charge in [0.25, 0.3) is 5.91 Å². The highest BCUT2D eigenvalue weighted by atomic mass is 16.1. The summed E-state index contributed by atoms with van der Waals surface area (Å²) in [5.41, 5.74) is 2.98. The molecule has 2 aromatic carbocycles. The molecule has 3 rings (SSSR count). The number of nitrogens with zero attached hydrogens (tertiary/aromatic N) is 4. The van der Waals surface area contributed by atoms with E-state index >= 15 is 0 Å². The SMILES string of the molecule is CCn1nnc(-c2ccccc2NC(=O)c2ccccc2C)n1. The van der Waals surface area contributed by atoms with Gasteiger partial charge in [0.1, 0.15) is 0 Å². The van der Waals surface area contributed by atoms with Crippen LogP contribution in [0.3, 0.4) is 0 Å². The van der Waals surface area contributed by atoms with Crippen LogP contribution in [-0.2, 0) is 6.54 Å². The van der Waals surface area contributed by atoms with Crippen molar-refractivity contribution in [2.45, 2.75) is 20.4 Å². The van der Waals surface area contributed by atoms with Crippen molar-refractivity contribution in [3.63, 3.8) is 0 Å². The van der Waals surface area contributed by atoms with Crippen LogP contribution in [0.5, 0.6) is 0 Å². The summed E-state index contributed by atoms with van der Waals surface area (Å²) in [7, 11) is 0. The summed E-state index contributed by atoms with van der Waals surface area (Å²) in [5, 5.41) is 15.3. The lowest BCUT2D eigenvalue weighted by molar-refractivity contribution is 0.102. The summed E-state index contributed by atoms with van der Waals surface area (Å²) in [6.45, 7) is 4.50. The molecule has 116 valence electrons. The lowest BCUT2D eigenvalue weighted by atomic mass is 10.1. The van der Waals surface area contributed by atoms with E-state index in [0.717, 1.165) is 11.1 Å². The molecule has 0 aliphatic heterocycles. The van der Waals surface area contributed by atoms with Crippen LogP contribution in [0.1, 0.15) is 22.8 Å². The van der Waals surface area contributed by atoms with Crippen LogP contribution in [0.25, 0.3) is 11.4 Å². The summed E-state index contributed by atoms with van der Waals surface area (Å²) in [4.78, 5) is 14.0. The normalized spacial score (nSPS) is 10.5. The van der Waals surface area contributed by atoms with Crippen LogP contribution < -0.4 is 5.32 Å². The van der Waals surface area contributed by atoms with Gasteiger partial charge in [-0.25, -0.2) is 0 Å². The minimum atomic E-state index is -0.154. The van der Waals surface area contributed by atoms with Crippen LogP contribution >= 0.6 is 0 Å². The molecule has 0 aliphatic rings. The maximum atomic E-state index is 12.5. The van der Waals surface area contributed by atoms with Crippen molar-refractivity contribution in [2.24, 2.45) is 0 Å². The van der Waals surface area contributed by atoms with Gasteiger partial charge in [-0.3, -0.25) is 4.79 Å². The van der Waals surface area contributed by atoms with Crippen molar-refractivity contribution in [1.29, 1.82) is 0 Å². The molecule has 23 heavy (non-hydrogen) atoms. The number of nitrogens with one attached hydrogen (secondary N) is 1. The lowest BCUT2D eigenvalue weighted by Crippen LogP contribution is -2.14. The summed E-state index contributed by atoms with van der Waals surface area (Å²) in [6.07, 6.45) is 0. The smallest absolute Gasteiger partial charge is 0.255 e. The number of carbonyl (C=O) groups is 1. The van der Waals surface area contributed by atoms with E-state index < -0.39 is 0 Å². The Hall–Kier alpha value is -3.02. The molecule has 0 spiro atoms. The fourth-order valence-electron chi connectivity index (χ4n) is 2.29. The van der Waals surface area contributed by atoms with Crippen LogP contribution in [0.4, 0.5) is 5.69 Å².